The summed E-state index contributed by atoms with van der Waals surface area (Å²) >= 11 is 1.52. The van der Waals surface area contributed by atoms with Gasteiger partial charge in [0.1, 0.15) is 0 Å². The second kappa shape index (κ2) is 17.9. The van der Waals surface area contributed by atoms with Crippen LogP contribution in [0, 0.1) is 25.7 Å². The average Bonchev–Trinajstić information content (AvgIpc) is 2.51. The van der Waals surface area contributed by atoms with Crippen LogP contribution in [-0.2, 0) is 20.9 Å². The molecular weight excluding hydrogens is 347 g/mol. The van der Waals surface area contributed by atoms with Gasteiger partial charge in [0.05, 0.1) is 0 Å². The van der Waals surface area contributed by atoms with Crippen LogP contribution in [0.5, 0.6) is 0 Å². The Balaban J connectivity index is 0. The number of rotatable bonds is 0. The van der Waals surface area contributed by atoms with Crippen LogP contribution in [0.3, 0.4) is 0 Å². The Morgan fingerprint density at radius 2 is 1.36 bits per heavy atom. The summed E-state index contributed by atoms with van der Waals surface area (Å²) in [5.41, 5.74) is 0.189. The Kier molecular flexibility index (Phi) is 20.2. The summed E-state index contributed by atoms with van der Waals surface area (Å²) in [5.74, 6) is 1.00. The molecule has 0 N–H and O–H groups in total. The molecule has 2 aliphatic rings. The smallest absolute Gasteiger partial charge is 0.0491 e. The van der Waals surface area contributed by atoms with Crippen LogP contribution in [0.25, 0.3) is 0 Å². The molecule has 133 valence electrons. The molecule has 0 spiro atoms. The molecule has 22 heavy (non-hydrogen) atoms. The minimum absolute atomic E-state index is 0.189. The maximum atomic E-state index is 4.07. The molecule has 0 unspecified atom stereocenters. The van der Waals surface area contributed by atoms with E-state index < -0.39 is 0 Å². The molecule has 0 aliphatic heterocycles. The van der Waals surface area contributed by atoms with Crippen molar-refractivity contribution in [2.75, 3.05) is 0 Å². The van der Waals surface area contributed by atoms with Gasteiger partial charge in [0.25, 0.3) is 0 Å². The third kappa shape index (κ3) is 25.5. The zero-order valence-corrected chi connectivity index (χ0v) is 18.1. The van der Waals surface area contributed by atoms with E-state index in [0.717, 1.165) is 12.3 Å². The fourth-order valence-electron chi connectivity index (χ4n) is 1.99. The summed E-state index contributed by atoms with van der Waals surface area (Å²) in [5, 5.41) is 0. The molecule has 2 aliphatic carbocycles. The summed E-state index contributed by atoms with van der Waals surface area (Å²) in [4.78, 5) is 0. The molecule has 0 aromatic rings. The quantitative estimate of drug-likeness (QED) is 0.305. The summed E-state index contributed by atoms with van der Waals surface area (Å²) < 4.78 is 4.07. The normalized spacial score (nSPS) is 18.4. The van der Waals surface area contributed by atoms with Crippen LogP contribution in [-0.4, -0.2) is 5.54 Å². The van der Waals surface area contributed by atoms with Crippen molar-refractivity contribution in [1.29, 1.82) is 0 Å². The van der Waals surface area contributed by atoms with Crippen molar-refractivity contribution < 1.29 is 20.9 Å². The van der Waals surface area contributed by atoms with Crippen LogP contribution in [0.1, 0.15) is 98.8 Å². The van der Waals surface area contributed by atoms with Crippen molar-refractivity contribution in [3.05, 3.63) is 19.8 Å². The Bertz CT molecular complexity index is 199. The standard InChI is InChI=1S/C7H13.C6H11.C4H9N.C3H7.Nb/c1-7-5-3-2-4-6-7;1-2-4-6-5-3-1;1-4(2,3)5;1-3-2;/h2,7H,3-6H2,1H3;1H,2-6H2;1-3H3;1,3H2,2H3;/q2*-1;;-1;. The first-order valence-electron chi connectivity index (χ1n) is 9.16. The zero-order chi connectivity index (χ0) is 17.3. The van der Waals surface area contributed by atoms with Gasteiger partial charge in [0, 0.05) is 0 Å². The van der Waals surface area contributed by atoms with E-state index >= 15 is 0 Å². The first-order valence-corrected chi connectivity index (χ1v) is 10.1. The molecule has 0 heterocycles. The molecule has 2 heteroatoms. The topological polar surface area (TPSA) is 12.4 Å². The van der Waals surface area contributed by atoms with Crippen molar-refractivity contribution in [2.45, 2.75) is 104 Å². The van der Waals surface area contributed by atoms with Gasteiger partial charge in [-0.1, -0.05) is 46.0 Å². The Morgan fingerprint density at radius 3 is 1.50 bits per heavy atom. The summed E-state index contributed by atoms with van der Waals surface area (Å²) in [7, 11) is 0. The molecule has 0 amide bonds. The molecule has 2 fully saturated rings. The van der Waals surface area contributed by atoms with Gasteiger partial charge in [-0.15, -0.1) is 0 Å². The number of hydrogen-bond donors (Lipinski definition) is 0. The molecule has 0 aromatic carbocycles. The minimum Gasteiger partial charge on any atom is -0.344 e. The second-order valence-electron chi connectivity index (χ2n) is 7.25. The summed E-state index contributed by atoms with van der Waals surface area (Å²) in [6, 6.07) is 0. The van der Waals surface area contributed by atoms with Crippen molar-refractivity contribution >= 4 is 0 Å². The van der Waals surface area contributed by atoms with Crippen LogP contribution in [0.15, 0.2) is 3.34 Å². The van der Waals surface area contributed by atoms with Crippen molar-refractivity contribution in [3.63, 3.8) is 0 Å². The fourth-order valence-corrected chi connectivity index (χ4v) is 1.99. The average molecular weight is 387 g/mol. The zero-order valence-electron chi connectivity index (χ0n) is 15.9. The molecule has 2 saturated carbocycles. The van der Waals surface area contributed by atoms with E-state index in [0.29, 0.717) is 0 Å². The first kappa shape index (κ1) is 24.8. The second-order valence-corrected chi connectivity index (χ2v) is 7.74. The van der Waals surface area contributed by atoms with Gasteiger partial charge in [0.2, 0.25) is 0 Å². The van der Waals surface area contributed by atoms with Gasteiger partial charge in [0.15, 0.2) is 0 Å². The van der Waals surface area contributed by atoms with E-state index in [1.807, 2.05) is 6.92 Å². The maximum Gasteiger partial charge on any atom is -0.0491 e. The van der Waals surface area contributed by atoms with Crippen LogP contribution in [0.4, 0.5) is 0 Å². The van der Waals surface area contributed by atoms with Gasteiger partial charge in [-0.25, -0.2) is 0 Å². The van der Waals surface area contributed by atoms with E-state index in [4.69, 9.17) is 0 Å². The van der Waals surface area contributed by atoms with Crippen LogP contribution >= 0.6 is 0 Å². The molecule has 0 bridgehead atoms. The number of nitrogens with zero attached hydrogens (tertiary/aromatic N) is 1. The van der Waals surface area contributed by atoms with Gasteiger partial charge in [-0.2, -0.15) is 32.1 Å². The third-order valence-electron chi connectivity index (χ3n) is 3.34. The maximum absolute atomic E-state index is 4.07. The minimum atomic E-state index is 0.189. The van der Waals surface area contributed by atoms with Crippen LogP contribution < -0.4 is 0 Å². The third-order valence-corrected chi connectivity index (χ3v) is 4.82. The molecule has 0 atom stereocenters. The van der Waals surface area contributed by atoms with Gasteiger partial charge >= 0.3 is 50.5 Å². The van der Waals surface area contributed by atoms with E-state index in [1.165, 1.54) is 78.7 Å². The molecular formula is C20H40NNb-3. The van der Waals surface area contributed by atoms with E-state index in [-0.39, 0.29) is 5.54 Å². The monoisotopic (exact) mass is 387 g/mol. The molecule has 0 saturated heterocycles. The van der Waals surface area contributed by atoms with Crippen molar-refractivity contribution in [2.24, 2.45) is 9.26 Å². The molecule has 1 nitrogen and oxygen atoms in total. The predicted octanol–water partition coefficient (Wildman–Crippen LogP) is 7.30. The molecule has 0 aromatic heterocycles. The van der Waals surface area contributed by atoms with E-state index in [9.17, 15) is 0 Å². The molecule has 0 radical (unpaired) electrons. The summed E-state index contributed by atoms with van der Waals surface area (Å²) in [6.45, 7) is 14.1. The van der Waals surface area contributed by atoms with E-state index in [1.54, 1.807) is 0 Å². The van der Waals surface area contributed by atoms with Crippen molar-refractivity contribution in [3.8, 4) is 0 Å². The Morgan fingerprint density at radius 1 is 1.00 bits per heavy atom. The first-order chi connectivity index (χ1) is 10.4. The van der Waals surface area contributed by atoms with Gasteiger partial charge in [-0.05, 0) is 5.92 Å². The SMILES string of the molecule is CC(C)(C)[N]=[Nb].CC1CC[CH-]CC1.[CH-]1CCCCC1.[CH2-]CC. The van der Waals surface area contributed by atoms with Gasteiger partial charge in [-0.3, -0.25) is 0 Å². The number of hydrogen-bond acceptors (Lipinski definition) is 1. The Hall–Kier alpha value is 0.540. The predicted molar refractivity (Wildman–Crippen MR) is 97.1 cm³/mol. The van der Waals surface area contributed by atoms with Crippen LogP contribution in [0.2, 0.25) is 0 Å². The molecule has 2 rings (SSSR count). The van der Waals surface area contributed by atoms with E-state index in [2.05, 4.69) is 50.8 Å². The summed E-state index contributed by atoms with van der Waals surface area (Å²) in [6.07, 6.45) is 18.5. The van der Waals surface area contributed by atoms with Gasteiger partial charge < -0.3 is 19.8 Å². The fraction of sp³-hybridized carbons (Fsp3) is 0.850. The Labute approximate surface area is 154 Å². The van der Waals surface area contributed by atoms with Crippen molar-refractivity contribution in [1.82, 2.24) is 0 Å². The largest absolute Gasteiger partial charge is 0.344 e.